The van der Waals surface area contributed by atoms with Crippen LogP contribution in [0.25, 0.3) is 6.08 Å². The van der Waals surface area contributed by atoms with Gasteiger partial charge in [0.25, 0.3) is 0 Å². The van der Waals surface area contributed by atoms with Crippen molar-refractivity contribution in [2.75, 3.05) is 6.61 Å². The lowest BCUT2D eigenvalue weighted by molar-refractivity contribution is 0.153. The quantitative estimate of drug-likeness (QED) is 0.874. The second-order valence-corrected chi connectivity index (χ2v) is 7.68. The summed E-state index contributed by atoms with van der Waals surface area (Å²) < 4.78 is 27.2. The molecule has 0 spiro atoms. The van der Waals surface area contributed by atoms with E-state index in [1.54, 1.807) is 6.08 Å². The van der Waals surface area contributed by atoms with Crippen LogP contribution in [0.4, 0.5) is 0 Å². The highest BCUT2D eigenvalue weighted by atomic mass is 32.2. The number of aliphatic hydroxyl groups is 1. The maximum atomic E-state index is 12.2. The van der Waals surface area contributed by atoms with Gasteiger partial charge in [0.05, 0.1) is 0 Å². The molecule has 2 aliphatic carbocycles. The fourth-order valence-corrected chi connectivity index (χ4v) is 4.98. The van der Waals surface area contributed by atoms with Gasteiger partial charge in [0.15, 0.2) is 0 Å². The zero-order valence-corrected chi connectivity index (χ0v) is 12.7. The number of hydrogen-bond acceptors (Lipinski definition) is 3. The van der Waals surface area contributed by atoms with Crippen LogP contribution in [0, 0.1) is 17.8 Å². The molecule has 0 radical (unpaired) electrons. The van der Waals surface area contributed by atoms with E-state index in [1.807, 2.05) is 30.3 Å². The Labute approximate surface area is 125 Å². The lowest BCUT2D eigenvalue weighted by Crippen LogP contribution is -2.44. The highest BCUT2D eigenvalue weighted by Gasteiger charge is 2.48. The summed E-state index contributed by atoms with van der Waals surface area (Å²) in [6.45, 7) is 0.0662. The van der Waals surface area contributed by atoms with E-state index in [1.165, 1.54) is 5.41 Å². The molecule has 0 heterocycles. The number of nitrogens with one attached hydrogen (secondary N) is 1. The zero-order valence-electron chi connectivity index (χ0n) is 11.9. The van der Waals surface area contributed by atoms with Crippen LogP contribution in [-0.2, 0) is 10.0 Å². The average molecular weight is 307 g/mol. The van der Waals surface area contributed by atoms with Gasteiger partial charge in [-0.3, -0.25) is 0 Å². The van der Waals surface area contributed by atoms with Crippen molar-refractivity contribution in [3.63, 3.8) is 0 Å². The Morgan fingerprint density at radius 2 is 1.90 bits per heavy atom. The molecule has 114 valence electrons. The second kappa shape index (κ2) is 5.91. The van der Waals surface area contributed by atoms with Crippen molar-refractivity contribution in [1.29, 1.82) is 0 Å². The molecule has 3 rings (SSSR count). The molecule has 21 heavy (non-hydrogen) atoms. The second-order valence-electron chi connectivity index (χ2n) is 6.08. The summed E-state index contributed by atoms with van der Waals surface area (Å²) in [5, 5.41) is 10.7. The first-order valence-electron chi connectivity index (χ1n) is 7.45. The number of fused-ring (bicyclic) bond motifs is 2. The first-order chi connectivity index (χ1) is 10.1. The highest BCUT2D eigenvalue weighted by Crippen LogP contribution is 2.48. The molecule has 2 aliphatic rings. The standard InChI is InChI=1S/C16H21NO3S/c18-11-15-13-6-7-14(10-13)16(15)17-21(19,20)9-8-12-4-2-1-3-5-12/h1-5,8-9,13-18H,6-7,10-11H2/b9-8+. The molecule has 4 atom stereocenters. The van der Waals surface area contributed by atoms with Gasteiger partial charge in [0.1, 0.15) is 0 Å². The topological polar surface area (TPSA) is 66.4 Å². The Bertz CT molecular complexity index is 612. The maximum absolute atomic E-state index is 12.2. The molecule has 0 aliphatic heterocycles. The number of sulfonamides is 1. The van der Waals surface area contributed by atoms with Gasteiger partial charge in [-0.2, -0.15) is 0 Å². The van der Waals surface area contributed by atoms with E-state index in [0.29, 0.717) is 11.8 Å². The lowest BCUT2D eigenvalue weighted by Gasteiger charge is -2.29. The van der Waals surface area contributed by atoms with E-state index in [0.717, 1.165) is 24.8 Å². The average Bonchev–Trinajstić information content (AvgIpc) is 3.07. The van der Waals surface area contributed by atoms with Crippen LogP contribution in [0.5, 0.6) is 0 Å². The Kier molecular flexibility index (Phi) is 4.15. The van der Waals surface area contributed by atoms with Gasteiger partial charge in [-0.05, 0) is 42.7 Å². The monoisotopic (exact) mass is 307 g/mol. The summed E-state index contributed by atoms with van der Waals surface area (Å²) in [5.41, 5.74) is 0.856. The zero-order chi connectivity index (χ0) is 14.9. The van der Waals surface area contributed by atoms with Crippen molar-refractivity contribution in [3.8, 4) is 0 Å². The van der Waals surface area contributed by atoms with Crippen LogP contribution >= 0.6 is 0 Å². The molecular weight excluding hydrogens is 286 g/mol. The third-order valence-electron chi connectivity index (χ3n) is 4.84. The number of aliphatic hydroxyl groups excluding tert-OH is 1. The Morgan fingerprint density at radius 1 is 1.19 bits per heavy atom. The summed E-state index contributed by atoms with van der Waals surface area (Å²) >= 11 is 0. The van der Waals surface area contributed by atoms with Crippen LogP contribution in [-0.4, -0.2) is 26.2 Å². The van der Waals surface area contributed by atoms with E-state index in [2.05, 4.69) is 4.72 Å². The minimum absolute atomic E-state index is 0.0662. The largest absolute Gasteiger partial charge is 0.396 e. The van der Waals surface area contributed by atoms with Crippen molar-refractivity contribution in [3.05, 3.63) is 41.3 Å². The van der Waals surface area contributed by atoms with Gasteiger partial charge in [-0.25, -0.2) is 13.1 Å². The lowest BCUT2D eigenvalue weighted by atomic mass is 9.86. The van der Waals surface area contributed by atoms with Crippen molar-refractivity contribution in [2.24, 2.45) is 17.8 Å². The molecule has 1 aromatic carbocycles. The first kappa shape index (κ1) is 14.8. The van der Waals surface area contributed by atoms with Crippen LogP contribution in [0.3, 0.4) is 0 Å². The molecular formula is C16H21NO3S. The molecule has 2 saturated carbocycles. The van der Waals surface area contributed by atoms with Crippen molar-refractivity contribution < 1.29 is 13.5 Å². The van der Waals surface area contributed by atoms with Gasteiger partial charge in [0, 0.05) is 24.0 Å². The van der Waals surface area contributed by atoms with Crippen molar-refractivity contribution in [1.82, 2.24) is 4.72 Å². The van der Waals surface area contributed by atoms with Gasteiger partial charge < -0.3 is 5.11 Å². The molecule has 4 unspecified atom stereocenters. The highest BCUT2D eigenvalue weighted by molar-refractivity contribution is 7.92. The first-order valence-corrected chi connectivity index (χ1v) is 9.00. The minimum Gasteiger partial charge on any atom is -0.396 e. The molecule has 1 aromatic rings. The molecule has 5 heteroatoms. The van der Waals surface area contributed by atoms with Gasteiger partial charge in [-0.1, -0.05) is 30.3 Å². The Morgan fingerprint density at radius 3 is 2.62 bits per heavy atom. The summed E-state index contributed by atoms with van der Waals surface area (Å²) in [7, 11) is -3.47. The van der Waals surface area contributed by atoms with E-state index in [9.17, 15) is 13.5 Å². The number of rotatable bonds is 5. The number of hydrogen-bond donors (Lipinski definition) is 2. The molecule has 0 aromatic heterocycles. The van der Waals surface area contributed by atoms with Crippen molar-refractivity contribution in [2.45, 2.75) is 25.3 Å². The fraction of sp³-hybridized carbons (Fsp3) is 0.500. The molecule has 0 saturated heterocycles. The van der Waals surface area contributed by atoms with Gasteiger partial charge in [-0.15, -0.1) is 0 Å². The van der Waals surface area contributed by atoms with Gasteiger partial charge >= 0.3 is 0 Å². The third-order valence-corrected chi connectivity index (χ3v) is 5.93. The summed E-state index contributed by atoms with van der Waals surface area (Å²) in [6, 6.07) is 9.25. The number of benzene rings is 1. The van der Waals surface area contributed by atoms with Crippen LogP contribution < -0.4 is 4.72 Å². The van der Waals surface area contributed by atoms with E-state index >= 15 is 0 Å². The molecule has 0 amide bonds. The van der Waals surface area contributed by atoms with E-state index in [-0.39, 0.29) is 18.6 Å². The van der Waals surface area contributed by atoms with Crippen molar-refractivity contribution >= 4 is 16.1 Å². The maximum Gasteiger partial charge on any atom is 0.234 e. The van der Waals surface area contributed by atoms with Crippen LogP contribution in [0.2, 0.25) is 0 Å². The fourth-order valence-electron chi connectivity index (χ4n) is 3.82. The summed E-state index contributed by atoms with van der Waals surface area (Å²) in [4.78, 5) is 0. The smallest absolute Gasteiger partial charge is 0.234 e. The van der Waals surface area contributed by atoms with E-state index in [4.69, 9.17) is 0 Å². The van der Waals surface area contributed by atoms with E-state index < -0.39 is 10.0 Å². The normalized spacial score (nSPS) is 32.0. The SMILES string of the molecule is O=S(=O)(/C=C/c1ccccc1)NC1C2CCC(C2)C1CO. The molecule has 2 bridgehead atoms. The van der Waals surface area contributed by atoms with Gasteiger partial charge in [0.2, 0.25) is 10.0 Å². The Balaban J connectivity index is 1.70. The Hall–Kier alpha value is -1.17. The molecule has 2 N–H and O–H groups in total. The predicted molar refractivity (Wildman–Crippen MR) is 82.7 cm³/mol. The molecule has 4 nitrogen and oxygen atoms in total. The van der Waals surface area contributed by atoms with Crippen LogP contribution in [0.15, 0.2) is 35.7 Å². The molecule has 2 fully saturated rings. The summed E-state index contributed by atoms with van der Waals surface area (Å²) in [6.07, 6.45) is 4.83. The summed E-state index contributed by atoms with van der Waals surface area (Å²) in [5.74, 6) is 0.932. The minimum atomic E-state index is -3.47. The predicted octanol–water partition coefficient (Wildman–Crippen LogP) is 1.98. The third kappa shape index (κ3) is 3.20. The van der Waals surface area contributed by atoms with Crippen LogP contribution in [0.1, 0.15) is 24.8 Å².